The topological polar surface area (TPSA) is 113 Å². The second-order valence-corrected chi connectivity index (χ2v) is 11.1. The van der Waals surface area contributed by atoms with Gasteiger partial charge in [0.1, 0.15) is 11.6 Å². The molecule has 37 heavy (non-hydrogen) atoms. The number of piperazine rings is 1. The third-order valence-electron chi connectivity index (χ3n) is 5.90. The van der Waals surface area contributed by atoms with Gasteiger partial charge in [0.15, 0.2) is 0 Å². The molecule has 3 aromatic rings. The molecule has 1 atom stereocenters. The molecule has 194 valence electrons. The smallest absolute Gasteiger partial charge is 0.262 e. The van der Waals surface area contributed by atoms with Gasteiger partial charge in [-0.3, -0.25) is 14.4 Å². The van der Waals surface area contributed by atoms with Crippen LogP contribution in [0, 0.1) is 5.82 Å². The molecule has 2 aromatic carbocycles. The molecule has 0 spiro atoms. The normalized spacial score (nSPS) is 14.6. The number of carbonyl (C=O) groups excluding carboxylic acids is 3. The zero-order valence-electron chi connectivity index (χ0n) is 19.8. The lowest BCUT2D eigenvalue weighted by atomic mass is 10.1. The van der Waals surface area contributed by atoms with E-state index in [1.54, 1.807) is 40.6 Å². The van der Waals surface area contributed by atoms with Crippen LogP contribution in [0.5, 0.6) is 5.75 Å². The number of rotatable bonds is 7. The van der Waals surface area contributed by atoms with Crippen LogP contribution in [0.4, 0.5) is 4.39 Å². The Labute approximate surface area is 217 Å². The van der Waals surface area contributed by atoms with Gasteiger partial charge in [0.25, 0.3) is 17.7 Å². The van der Waals surface area contributed by atoms with E-state index in [1.165, 1.54) is 18.1 Å². The molecule has 12 heteroatoms. The molecule has 9 nitrogen and oxygen atoms in total. The number of hydrogen-bond acceptors (Lipinski definition) is 7. The SMILES string of the molecule is COc1ccccc1C(=O)N1CCN(C(=O)C(NC(=O)c2cccs2)S(=O)(=O)c2ccc(F)cc2)CC1. The first kappa shape index (κ1) is 26.3. The predicted molar refractivity (Wildman–Crippen MR) is 135 cm³/mol. The summed E-state index contributed by atoms with van der Waals surface area (Å²) >= 11 is 1.10. The molecule has 0 bridgehead atoms. The van der Waals surface area contributed by atoms with Crippen molar-refractivity contribution >= 4 is 38.9 Å². The van der Waals surface area contributed by atoms with E-state index in [2.05, 4.69) is 5.32 Å². The maximum absolute atomic E-state index is 13.5. The second-order valence-electron chi connectivity index (χ2n) is 8.15. The number of hydrogen-bond donors (Lipinski definition) is 1. The molecule has 0 aliphatic carbocycles. The molecule has 1 saturated heterocycles. The van der Waals surface area contributed by atoms with E-state index in [0.717, 1.165) is 35.6 Å². The molecule has 1 aliphatic rings. The third kappa shape index (κ3) is 5.65. The lowest BCUT2D eigenvalue weighted by Crippen LogP contribution is -2.57. The number of ether oxygens (including phenoxy) is 1. The molecule has 2 heterocycles. The van der Waals surface area contributed by atoms with E-state index < -0.39 is 32.8 Å². The molecule has 1 unspecified atom stereocenters. The van der Waals surface area contributed by atoms with Crippen LogP contribution in [-0.4, -0.2) is 74.6 Å². The van der Waals surface area contributed by atoms with Gasteiger partial charge in [-0.25, -0.2) is 12.8 Å². The number of benzene rings is 2. The van der Waals surface area contributed by atoms with Crippen molar-refractivity contribution in [1.82, 2.24) is 15.1 Å². The van der Waals surface area contributed by atoms with Crippen LogP contribution in [0.15, 0.2) is 70.9 Å². The number of methoxy groups -OCH3 is 1. The Morgan fingerprint density at radius 3 is 2.22 bits per heavy atom. The van der Waals surface area contributed by atoms with Crippen molar-refractivity contribution in [2.24, 2.45) is 0 Å². The third-order valence-corrected chi connectivity index (χ3v) is 8.64. The molecular formula is C25H24FN3O6S2. The minimum Gasteiger partial charge on any atom is -0.496 e. The Morgan fingerprint density at radius 1 is 0.946 bits per heavy atom. The molecule has 1 fully saturated rings. The highest BCUT2D eigenvalue weighted by atomic mass is 32.2. The van der Waals surface area contributed by atoms with Gasteiger partial charge in [-0.05, 0) is 47.8 Å². The largest absolute Gasteiger partial charge is 0.496 e. The molecule has 3 amide bonds. The van der Waals surface area contributed by atoms with E-state index in [-0.39, 0.29) is 41.9 Å². The Kier molecular flexibility index (Phi) is 7.89. The summed E-state index contributed by atoms with van der Waals surface area (Å²) < 4.78 is 45.5. The van der Waals surface area contributed by atoms with Crippen molar-refractivity contribution in [1.29, 1.82) is 0 Å². The number of carbonyl (C=O) groups is 3. The Hall–Kier alpha value is -3.77. The van der Waals surface area contributed by atoms with Crippen molar-refractivity contribution < 1.29 is 31.9 Å². The second kappa shape index (κ2) is 11.1. The average molecular weight is 546 g/mol. The van der Waals surface area contributed by atoms with Gasteiger partial charge >= 0.3 is 0 Å². The average Bonchev–Trinajstić information content (AvgIpc) is 3.46. The number of amides is 3. The lowest BCUT2D eigenvalue weighted by Gasteiger charge is -2.36. The maximum Gasteiger partial charge on any atom is 0.262 e. The fourth-order valence-electron chi connectivity index (χ4n) is 3.92. The van der Waals surface area contributed by atoms with Crippen LogP contribution in [0.2, 0.25) is 0 Å². The summed E-state index contributed by atoms with van der Waals surface area (Å²) in [4.78, 5) is 42.0. The first-order valence-electron chi connectivity index (χ1n) is 11.3. The highest BCUT2D eigenvalue weighted by Gasteiger charge is 2.40. The van der Waals surface area contributed by atoms with E-state index in [9.17, 15) is 27.2 Å². The summed E-state index contributed by atoms with van der Waals surface area (Å²) in [6.07, 6.45) is 0. The van der Waals surface area contributed by atoms with Gasteiger partial charge in [0, 0.05) is 26.2 Å². The quantitative estimate of drug-likeness (QED) is 0.457. The molecule has 0 radical (unpaired) electrons. The van der Waals surface area contributed by atoms with Crippen LogP contribution in [0.1, 0.15) is 20.0 Å². The van der Waals surface area contributed by atoms with Gasteiger partial charge in [-0.15, -0.1) is 11.3 Å². The minimum atomic E-state index is -4.42. The standard InChI is InChI=1S/C25H24FN3O6S2/c1-35-20-6-3-2-5-19(20)24(31)28-12-14-29(15-13-28)25(32)23(27-22(30)21-7-4-16-36-21)37(33,34)18-10-8-17(26)9-11-18/h2-11,16,23H,12-15H2,1H3,(H,27,30). The maximum atomic E-state index is 13.5. The Balaban J connectivity index is 1.54. The summed E-state index contributed by atoms with van der Waals surface area (Å²) in [5.74, 6) is -2.04. The number of thiophene rings is 1. The van der Waals surface area contributed by atoms with Gasteiger partial charge < -0.3 is 19.9 Å². The molecule has 1 aliphatic heterocycles. The Morgan fingerprint density at radius 2 is 1.59 bits per heavy atom. The van der Waals surface area contributed by atoms with E-state index in [1.807, 2.05) is 0 Å². The van der Waals surface area contributed by atoms with Crippen molar-refractivity contribution in [2.75, 3.05) is 33.3 Å². The number of sulfone groups is 1. The predicted octanol–water partition coefficient (Wildman–Crippen LogP) is 2.41. The van der Waals surface area contributed by atoms with Crippen LogP contribution in [0.25, 0.3) is 0 Å². The zero-order chi connectivity index (χ0) is 26.6. The van der Waals surface area contributed by atoms with Crippen LogP contribution >= 0.6 is 11.3 Å². The van der Waals surface area contributed by atoms with Gasteiger partial charge in [0.05, 0.1) is 22.4 Å². The molecule has 1 N–H and O–H groups in total. The fourth-order valence-corrected chi connectivity index (χ4v) is 6.01. The highest BCUT2D eigenvalue weighted by Crippen LogP contribution is 2.22. The van der Waals surface area contributed by atoms with Gasteiger partial charge in [0.2, 0.25) is 15.2 Å². The van der Waals surface area contributed by atoms with Crippen molar-refractivity contribution in [3.05, 3.63) is 82.3 Å². The summed E-state index contributed by atoms with van der Waals surface area (Å²) in [6, 6.07) is 14.0. The summed E-state index contributed by atoms with van der Waals surface area (Å²) in [6.45, 7) is 0.434. The van der Waals surface area contributed by atoms with Crippen LogP contribution in [0.3, 0.4) is 0 Å². The number of nitrogens with zero attached hydrogens (tertiary/aromatic N) is 2. The fraction of sp³-hybridized carbons (Fsp3) is 0.240. The van der Waals surface area contributed by atoms with E-state index in [0.29, 0.717) is 11.3 Å². The van der Waals surface area contributed by atoms with Gasteiger partial charge in [-0.1, -0.05) is 18.2 Å². The molecule has 4 rings (SSSR count). The van der Waals surface area contributed by atoms with Crippen molar-refractivity contribution in [3.63, 3.8) is 0 Å². The molecular weight excluding hydrogens is 521 g/mol. The number of para-hydroxylation sites is 1. The first-order valence-corrected chi connectivity index (χ1v) is 13.7. The Bertz CT molecular complexity index is 1390. The number of halogens is 1. The number of nitrogens with one attached hydrogen (secondary N) is 1. The van der Waals surface area contributed by atoms with Gasteiger partial charge in [-0.2, -0.15) is 0 Å². The van der Waals surface area contributed by atoms with E-state index >= 15 is 0 Å². The summed E-state index contributed by atoms with van der Waals surface area (Å²) in [5, 5.41) is 2.07. The molecule has 0 saturated carbocycles. The summed E-state index contributed by atoms with van der Waals surface area (Å²) in [7, 11) is -2.95. The van der Waals surface area contributed by atoms with E-state index in [4.69, 9.17) is 4.74 Å². The minimum absolute atomic E-state index is 0.0596. The van der Waals surface area contributed by atoms with Crippen LogP contribution < -0.4 is 10.1 Å². The first-order chi connectivity index (χ1) is 17.7. The zero-order valence-corrected chi connectivity index (χ0v) is 21.4. The monoisotopic (exact) mass is 545 g/mol. The van der Waals surface area contributed by atoms with Crippen molar-refractivity contribution in [2.45, 2.75) is 10.3 Å². The lowest BCUT2D eigenvalue weighted by molar-refractivity contribution is -0.132. The van der Waals surface area contributed by atoms with Crippen LogP contribution in [-0.2, 0) is 14.6 Å². The molecule has 1 aromatic heterocycles. The highest BCUT2D eigenvalue weighted by molar-refractivity contribution is 7.92. The van der Waals surface area contributed by atoms with Crippen molar-refractivity contribution in [3.8, 4) is 5.75 Å². The summed E-state index contributed by atoms with van der Waals surface area (Å²) in [5.41, 5.74) is 0.379.